The lowest BCUT2D eigenvalue weighted by atomic mass is 10.1. The fourth-order valence-corrected chi connectivity index (χ4v) is 5.37. The van der Waals surface area contributed by atoms with Gasteiger partial charge in [-0.2, -0.15) is 5.11 Å². The molecule has 0 heterocycles. The van der Waals surface area contributed by atoms with Gasteiger partial charge >= 0.3 is 18.0 Å². The van der Waals surface area contributed by atoms with Crippen molar-refractivity contribution in [1.82, 2.24) is 5.32 Å². The van der Waals surface area contributed by atoms with Crippen molar-refractivity contribution >= 4 is 46.0 Å². The van der Waals surface area contributed by atoms with E-state index < -0.39 is 24.1 Å². The van der Waals surface area contributed by atoms with Gasteiger partial charge in [-0.15, -0.1) is 5.11 Å². The first-order valence-corrected chi connectivity index (χ1v) is 18.2. The fraction of sp³-hybridized carbons (Fsp3) is 0.227. The van der Waals surface area contributed by atoms with E-state index in [1.165, 1.54) is 37.5 Å². The zero-order valence-corrected chi connectivity index (χ0v) is 31.2. The van der Waals surface area contributed by atoms with Crippen LogP contribution >= 0.6 is 0 Å². The van der Waals surface area contributed by atoms with Crippen LogP contribution in [0.4, 0.5) is 16.2 Å². The summed E-state index contributed by atoms with van der Waals surface area (Å²) in [7, 11) is 1.19. The smallest absolute Gasteiger partial charge is 0.408 e. The third-order valence-corrected chi connectivity index (χ3v) is 8.36. The zero-order valence-electron chi connectivity index (χ0n) is 31.2. The lowest BCUT2D eigenvalue weighted by molar-refractivity contribution is -0.144. The average Bonchev–Trinajstić information content (AvgIpc) is 3.24. The van der Waals surface area contributed by atoms with E-state index in [2.05, 4.69) is 15.5 Å². The van der Waals surface area contributed by atoms with Crippen LogP contribution in [0, 0.1) is 0 Å². The number of ether oxygens (including phenoxy) is 5. The minimum atomic E-state index is -1.18. The number of ketones is 1. The average molecular weight is 758 g/mol. The Morgan fingerprint density at radius 2 is 1.43 bits per heavy atom. The molecule has 12 nitrogen and oxygen atoms in total. The number of hydrogen-bond acceptors (Lipinski definition) is 11. The summed E-state index contributed by atoms with van der Waals surface area (Å²) >= 11 is 0. The minimum Gasteiger partial charge on any atom is -0.495 e. The van der Waals surface area contributed by atoms with Crippen molar-refractivity contribution in [3.63, 3.8) is 0 Å². The highest BCUT2D eigenvalue weighted by Gasteiger charge is 2.24. The van der Waals surface area contributed by atoms with Gasteiger partial charge in [-0.25, -0.2) is 14.4 Å². The molecule has 0 radical (unpaired) electrons. The second-order valence-electron chi connectivity index (χ2n) is 12.4. The van der Waals surface area contributed by atoms with Crippen molar-refractivity contribution in [1.29, 1.82) is 0 Å². The van der Waals surface area contributed by atoms with Gasteiger partial charge in [0, 0.05) is 23.4 Å². The molecule has 0 unspecified atom stereocenters. The molecular weight excluding hydrogens is 714 g/mol. The monoisotopic (exact) mass is 757 g/mol. The van der Waals surface area contributed by atoms with E-state index in [4.69, 9.17) is 23.7 Å². The molecule has 1 amide bonds. The highest BCUT2D eigenvalue weighted by atomic mass is 16.6. The first-order chi connectivity index (χ1) is 27.3. The molecule has 5 rings (SSSR count). The highest BCUT2D eigenvalue weighted by molar-refractivity contribution is 6.05. The number of azo groups is 1. The summed E-state index contributed by atoms with van der Waals surface area (Å²) in [5.74, 6) is -0.868. The largest absolute Gasteiger partial charge is 0.495 e. The summed E-state index contributed by atoms with van der Waals surface area (Å²) in [5.41, 5.74) is 2.61. The molecule has 0 aliphatic rings. The number of allylic oxidation sites excluding steroid dienone is 2. The Morgan fingerprint density at radius 3 is 2.16 bits per heavy atom. The predicted molar refractivity (Wildman–Crippen MR) is 210 cm³/mol. The summed E-state index contributed by atoms with van der Waals surface area (Å²) in [4.78, 5) is 51.0. The van der Waals surface area contributed by atoms with Crippen LogP contribution in [0.5, 0.6) is 5.75 Å². The van der Waals surface area contributed by atoms with Crippen LogP contribution in [0.3, 0.4) is 0 Å². The summed E-state index contributed by atoms with van der Waals surface area (Å²) in [6.45, 7) is 1.75. The number of rotatable bonds is 19. The maximum atomic E-state index is 13.2. The van der Waals surface area contributed by atoms with Crippen LogP contribution in [0.25, 0.3) is 10.8 Å². The molecule has 56 heavy (non-hydrogen) atoms. The van der Waals surface area contributed by atoms with Gasteiger partial charge in [0.25, 0.3) is 0 Å². The molecule has 0 saturated carbocycles. The Morgan fingerprint density at radius 1 is 0.732 bits per heavy atom. The maximum Gasteiger partial charge on any atom is 0.408 e. The SMILES string of the molecule is CCCC/C(=C/C(=O)c1ccc(C(=O)OCCOc2ccc3ccccc3c2N=Nc2ccccc2)cc1)OC[C@H](NC(=O)OCc1ccccc1)C(=O)OC. The lowest BCUT2D eigenvalue weighted by Crippen LogP contribution is -2.44. The molecule has 0 spiro atoms. The summed E-state index contributed by atoms with van der Waals surface area (Å²) in [6, 6.07) is 34.8. The van der Waals surface area contributed by atoms with E-state index in [9.17, 15) is 19.2 Å². The Bertz CT molecular complexity index is 2140. The summed E-state index contributed by atoms with van der Waals surface area (Å²) in [5, 5.41) is 13.2. The van der Waals surface area contributed by atoms with Crippen molar-refractivity contribution in [2.75, 3.05) is 26.9 Å². The highest BCUT2D eigenvalue weighted by Crippen LogP contribution is 2.37. The molecule has 0 bridgehead atoms. The fourth-order valence-electron chi connectivity index (χ4n) is 5.37. The van der Waals surface area contributed by atoms with Gasteiger partial charge in [-0.1, -0.05) is 104 Å². The molecule has 5 aromatic carbocycles. The number of amides is 1. The van der Waals surface area contributed by atoms with Gasteiger partial charge in [-0.05, 0) is 47.7 Å². The molecule has 0 aliphatic carbocycles. The number of hydrogen-bond donors (Lipinski definition) is 1. The number of esters is 2. The van der Waals surface area contributed by atoms with Crippen molar-refractivity contribution in [2.45, 2.75) is 38.8 Å². The number of benzene rings is 5. The van der Waals surface area contributed by atoms with E-state index in [1.807, 2.05) is 91.9 Å². The number of carbonyl (C=O) groups is 4. The molecule has 1 N–H and O–H groups in total. The van der Waals surface area contributed by atoms with Crippen molar-refractivity contribution in [2.24, 2.45) is 10.2 Å². The third-order valence-electron chi connectivity index (χ3n) is 8.36. The number of alkyl carbamates (subject to hydrolysis) is 1. The molecule has 5 aromatic rings. The quantitative estimate of drug-likeness (QED) is 0.0165. The first kappa shape index (κ1) is 40.4. The number of nitrogens with zero attached hydrogens (tertiary/aromatic N) is 2. The van der Waals surface area contributed by atoms with Gasteiger partial charge in [0.1, 0.15) is 37.9 Å². The van der Waals surface area contributed by atoms with Crippen molar-refractivity contribution < 1.29 is 42.9 Å². The number of carbonyl (C=O) groups excluding carboxylic acids is 4. The maximum absolute atomic E-state index is 13.2. The topological polar surface area (TPSA) is 151 Å². The van der Waals surface area contributed by atoms with Crippen molar-refractivity contribution in [3.8, 4) is 5.75 Å². The second-order valence-corrected chi connectivity index (χ2v) is 12.4. The predicted octanol–water partition coefficient (Wildman–Crippen LogP) is 9.23. The van der Waals surface area contributed by atoms with E-state index in [0.717, 1.165) is 22.8 Å². The van der Waals surface area contributed by atoms with Gasteiger partial charge in [0.2, 0.25) is 0 Å². The molecule has 12 heteroatoms. The molecule has 0 aliphatic heterocycles. The van der Waals surface area contributed by atoms with E-state index >= 15 is 0 Å². The van der Waals surface area contributed by atoms with Crippen LogP contribution in [0.1, 0.15) is 52.5 Å². The Hall–Kier alpha value is -6.82. The van der Waals surface area contributed by atoms with E-state index in [1.54, 1.807) is 12.1 Å². The van der Waals surface area contributed by atoms with E-state index in [0.29, 0.717) is 41.3 Å². The molecular formula is C44H43N3O9. The standard InChI is InChI=1S/C44H43N3O9/c1-3-4-18-36(55-30-38(43(50)52-2)45-44(51)56-29-31-13-7-5-8-14-31)28-39(48)33-20-22-34(23-21-33)42(49)54-27-26-53-40-25-24-32-15-11-12-19-37(32)41(40)47-46-35-16-9-6-10-17-35/h5-17,19-25,28,38H,3-4,18,26-27,29-30H2,1-2H3,(H,45,51)/b36-28-,47-46?/t38-/m0/s1. The summed E-state index contributed by atoms with van der Waals surface area (Å²) in [6.07, 6.45) is 2.46. The van der Waals surface area contributed by atoms with Crippen LogP contribution in [0.2, 0.25) is 0 Å². The Kier molecular flexibility index (Phi) is 15.3. The van der Waals surface area contributed by atoms with Gasteiger partial charge < -0.3 is 29.0 Å². The number of unbranched alkanes of at least 4 members (excludes halogenated alkanes) is 1. The van der Waals surface area contributed by atoms with Crippen LogP contribution in [-0.4, -0.2) is 56.8 Å². The van der Waals surface area contributed by atoms with Gasteiger partial charge in [0.05, 0.1) is 24.1 Å². The first-order valence-electron chi connectivity index (χ1n) is 18.2. The molecule has 1 atom stereocenters. The number of methoxy groups -OCH3 is 1. The lowest BCUT2D eigenvalue weighted by Gasteiger charge is -2.18. The van der Waals surface area contributed by atoms with Crippen LogP contribution in [-0.2, 0) is 30.3 Å². The van der Waals surface area contributed by atoms with Crippen LogP contribution < -0.4 is 10.1 Å². The molecule has 0 aromatic heterocycles. The second kappa shape index (κ2) is 21.2. The third kappa shape index (κ3) is 12.1. The van der Waals surface area contributed by atoms with Crippen LogP contribution in [0.15, 0.2) is 143 Å². The zero-order chi connectivity index (χ0) is 39.5. The molecule has 0 saturated heterocycles. The number of fused-ring (bicyclic) bond motifs is 1. The van der Waals surface area contributed by atoms with E-state index in [-0.39, 0.29) is 37.8 Å². The normalized spacial score (nSPS) is 11.8. The number of nitrogens with one attached hydrogen (secondary N) is 1. The Labute approximate surface area is 325 Å². The minimum absolute atomic E-state index is 0.0132. The Balaban J connectivity index is 1.15. The summed E-state index contributed by atoms with van der Waals surface area (Å²) < 4.78 is 27.4. The van der Waals surface area contributed by atoms with Crippen molar-refractivity contribution in [3.05, 3.63) is 150 Å². The molecule has 0 fully saturated rings. The van der Waals surface area contributed by atoms with Gasteiger partial charge in [0.15, 0.2) is 11.8 Å². The van der Waals surface area contributed by atoms with Gasteiger partial charge in [-0.3, -0.25) is 4.79 Å². The molecule has 288 valence electrons.